The average molecular weight is 264 g/mol. The highest BCUT2D eigenvalue weighted by Gasteiger charge is 2.26. The van der Waals surface area contributed by atoms with Crippen molar-refractivity contribution in [1.29, 1.82) is 0 Å². The minimum absolute atomic E-state index is 0.0567. The molecule has 2 unspecified atom stereocenters. The van der Waals surface area contributed by atoms with Crippen LogP contribution in [0.4, 0.5) is 4.39 Å². The quantitative estimate of drug-likeness (QED) is 0.871. The lowest BCUT2D eigenvalue weighted by Gasteiger charge is -2.28. The number of benzene rings is 1. The van der Waals surface area contributed by atoms with Gasteiger partial charge < -0.3 is 10.6 Å². The maximum absolute atomic E-state index is 13.0. The maximum atomic E-state index is 13.0. The standard InChI is InChI=1S/C15H21FN2O/c1-11-14(6-3-8-17-11)15(19)18-9-7-12-4-2-5-13(16)10-12/h2,4-5,10-11,14,17H,3,6-9H2,1H3,(H,18,19). The third-order valence-electron chi connectivity index (χ3n) is 3.70. The van der Waals surface area contributed by atoms with Crippen molar-refractivity contribution < 1.29 is 9.18 Å². The largest absolute Gasteiger partial charge is 0.355 e. The molecule has 104 valence electrons. The van der Waals surface area contributed by atoms with Crippen molar-refractivity contribution in [3.05, 3.63) is 35.6 Å². The van der Waals surface area contributed by atoms with Crippen molar-refractivity contribution in [2.45, 2.75) is 32.2 Å². The van der Waals surface area contributed by atoms with Crippen molar-refractivity contribution in [3.8, 4) is 0 Å². The molecule has 1 amide bonds. The second kappa shape index (κ2) is 6.66. The number of carbonyl (C=O) groups excluding carboxylic acids is 1. The first-order chi connectivity index (χ1) is 9.16. The number of piperidine rings is 1. The minimum Gasteiger partial charge on any atom is -0.355 e. The Bertz CT molecular complexity index is 436. The molecule has 0 radical (unpaired) electrons. The highest BCUT2D eigenvalue weighted by Crippen LogP contribution is 2.16. The van der Waals surface area contributed by atoms with Gasteiger partial charge >= 0.3 is 0 Å². The lowest BCUT2D eigenvalue weighted by Crippen LogP contribution is -2.47. The Morgan fingerprint density at radius 1 is 1.53 bits per heavy atom. The summed E-state index contributed by atoms with van der Waals surface area (Å²) in [5, 5.41) is 6.27. The van der Waals surface area contributed by atoms with Gasteiger partial charge in [0.05, 0.1) is 5.92 Å². The minimum atomic E-state index is -0.228. The highest BCUT2D eigenvalue weighted by atomic mass is 19.1. The zero-order valence-corrected chi connectivity index (χ0v) is 11.3. The lowest BCUT2D eigenvalue weighted by molar-refractivity contribution is -0.126. The van der Waals surface area contributed by atoms with Crippen LogP contribution in [0.15, 0.2) is 24.3 Å². The summed E-state index contributed by atoms with van der Waals surface area (Å²) in [6.07, 6.45) is 2.66. The lowest BCUT2D eigenvalue weighted by atomic mass is 9.91. The molecule has 1 saturated heterocycles. The number of nitrogens with one attached hydrogen (secondary N) is 2. The number of hydrogen-bond acceptors (Lipinski definition) is 2. The van der Waals surface area contributed by atoms with Gasteiger partial charge in [-0.05, 0) is 50.4 Å². The summed E-state index contributed by atoms with van der Waals surface area (Å²) in [5.41, 5.74) is 0.912. The van der Waals surface area contributed by atoms with Crippen molar-refractivity contribution in [1.82, 2.24) is 10.6 Å². The van der Waals surface area contributed by atoms with E-state index in [9.17, 15) is 9.18 Å². The second-order valence-electron chi connectivity index (χ2n) is 5.16. The Morgan fingerprint density at radius 2 is 2.37 bits per heavy atom. The molecule has 1 aliphatic heterocycles. The fourth-order valence-electron chi connectivity index (χ4n) is 2.56. The summed E-state index contributed by atoms with van der Waals surface area (Å²) < 4.78 is 13.0. The van der Waals surface area contributed by atoms with Crippen molar-refractivity contribution in [2.75, 3.05) is 13.1 Å². The zero-order valence-electron chi connectivity index (χ0n) is 11.3. The van der Waals surface area contributed by atoms with Gasteiger partial charge in [0.1, 0.15) is 5.82 Å². The monoisotopic (exact) mass is 264 g/mol. The molecule has 0 bridgehead atoms. The van der Waals surface area contributed by atoms with Gasteiger partial charge in [-0.2, -0.15) is 0 Å². The van der Waals surface area contributed by atoms with Gasteiger partial charge in [0.25, 0.3) is 0 Å². The van der Waals surface area contributed by atoms with Crippen LogP contribution in [0.3, 0.4) is 0 Å². The van der Waals surface area contributed by atoms with Crippen molar-refractivity contribution >= 4 is 5.91 Å². The summed E-state index contributed by atoms with van der Waals surface area (Å²) in [6.45, 7) is 3.61. The van der Waals surface area contributed by atoms with Crippen LogP contribution < -0.4 is 10.6 Å². The summed E-state index contributed by atoms with van der Waals surface area (Å²) in [4.78, 5) is 12.0. The van der Waals surface area contributed by atoms with Gasteiger partial charge in [0.15, 0.2) is 0 Å². The number of halogens is 1. The Kier molecular flexibility index (Phi) is 4.91. The third kappa shape index (κ3) is 4.03. The van der Waals surface area contributed by atoms with E-state index in [2.05, 4.69) is 17.6 Å². The fraction of sp³-hybridized carbons (Fsp3) is 0.533. The Labute approximate surface area is 113 Å². The Balaban J connectivity index is 1.77. The van der Waals surface area contributed by atoms with E-state index < -0.39 is 0 Å². The van der Waals surface area contributed by atoms with Crippen LogP contribution in [0.2, 0.25) is 0 Å². The van der Waals surface area contributed by atoms with Gasteiger partial charge in [-0.15, -0.1) is 0 Å². The maximum Gasteiger partial charge on any atom is 0.224 e. The molecule has 3 nitrogen and oxygen atoms in total. The van der Waals surface area contributed by atoms with E-state index >= 15 is 0 Å². The van der Waals surface area contributed by atoms with E-state index in [0.717, 1.165) is 24.9 Å². The van der Waals surface area contributed by atoms with Crippen molar-refractivity contribution in [3.63, 3.8) is 0 Å². The molecule has 1 heterocycles. The Hall–Kier alpha value is -1.42. The molecular weight excluding hydrogens is 243 g/mol. The van der Waals surface area contributed by atoms with Gasteiger partial charge in [-0.3, -0.25) is 4.79 Å². The van der Waals surface area contributed by atoms with E-state index in [1.54, 1.807) is 6.07 Å². The molecule has 2 atom stereocenters. The number of hydrogen-bond donors (Lipinski definition) is 2. The van der Waals surface area contributed by atoms with Crippen LogP contribution in [0.25, 0.3) is 0 Å². The second-order valence-corrected chi connectivity index (χ2v) is 5.16. The number of rotatable bonds is 4. The molecule has 0 spiro atoms. The van der Waals surface area contributed by atoms with Crippen LogP contribution in [0.5, 0.6) is 0 Å². The smallest absolute Gasteiger partial charge is 0.224 e. The molecule has 1 aromatic rings. The van der Waals surface area contributed by atoms with Crippen LogP contribution in [0, 0.1) is 11.7 Å². The molecule has 0 aromatic heterocycles. The molecule has 19 heavy (non-hydrogen) atoms. The third-order valence-corrected chi connectivity index (χ3v) is 3.70. The molecule has 2 rings (SSSR count). The number of carbonyl (C=O) groups is 1. The first-order valence-corrected chi connectivity index (χ1v) is 6.92. The molecule has 0 aliphatic carbocycles. The Morgan fingerprint density at radius 3 is 3.11 bits per heavy atom. The molecule has 2 N–H and O–H groups in total. The van der Waals surface area contributed by atoms with E-state index in [-0.39, 0.29) is 23.7 Å². The van der Waals surface area contributed by atoms with Gasteiger partial charge in [-0.25, -0.2) is 4.39 Å². The van der Waals surface area contributed by atoms with Crippen LogP contribution in [0.1, 0.15) is 25.3 Å². The molecule has 1 aliphatic rings. The highest BCUT2D eigenvalue weighted by molar-refractivity contribution is 5.79. The first-order valence-electron chi connectivity index (χ1n) is 6.92. The fourth-order valence-corrected chi connectivity index (χ4v) is 2.56. The predicted octanol–water partition coefficient (Wildman–Crippen LogP) is 1.87. The van der Waals surface area contributed by atoms with Gasteiger partial charge in [0, 0.05) is 12.6 Å². The van der Waals surface area contributed by atoms with Crippen LogP contribution >= 0.6 is 0 Å². The van der Waals surface area contributed by atoms with E-state index in [1.807, 2.05) is 6.07 Å². The first kappa shape index (κ1) is 14.0. The van der Waals surface area contributed by atoms with Crippen LogP contribution in [-0.2, 0) is 11.2 Å². The molecule has 1 aromatic carbocycles. The summed E-state index contributed by atoms with van der Waals surface area (Å²) in [6, 6.07) is 6.75. The average Bonchev–Trinajstić information content (AvgIpc) is 2.39. The molecule has 4 heteroatoms. The van der Waals surface area contributed by atoms with Crippen LogP contribution in [-0.4, -0.2) is 25.0 Å². The predicted molar refractivity (Wildman–Crippen MR) is 73.3 cm³/mol. The van der Waals surface area contributed by atoms with E-state index in [1.165, 1.54) is 12.1 Å². The summed E-state index contributed by atoms with van der Waals surface area (Å²) in [5.74, 6) is -0.0636. The molecule has 0 saturated carbocycles. The van der Waals surface area contributed by atoms with Gasteiger partial charge in [0.2, 0.25) is 5.91 Å². The normalized spacial score (nSPS) is 23.1. The summed E-state index contributed by atoms with van der Waals surface area (Å²) >= 11 is 0. The zero-order chi connectivity index (χ0) is 13.7. The van der Waals surface area contributed by atoms with Gasteiger partial charge in [-0.1, -0.05) is 12.1 Å². The molecular formula is C15H21FN2O. The number of amides is 1. The van der Waals surface area contributed by atoms with E-state index in [0.29, 0.717) is 13.0 Å². The summed E-state index contributed by atoms with van der Waals surface area (Å²) in [7, 11) is 0. The SMILES string of the molecule is CC1NCCCC1C(=O)NCCc1cccc(F)c1. The van der Waals surface area contributed by atoms with E-state index in [4.69, 9.17) is 0 Å². The van der Waals surface area contributed by atoms with Crippen molar-refractivity contribution in [2.24, 2.45) is 5.92 Å². The molecule has 1 fully saturated rings. The topological polar surface area (TPSA) is 41.1 Å².